The van der Waals surface area contributed by atoms with Crippen molar-refractivity contribution in [2.75, 3.05) is 11.9 Å². The minimum Gasteiger partial charge on any atom is -0.356 e. The van der Waals surface area contributed by atoms with Gasteiger partial charge in [0.15, 0.2) is 0 Å². The van der Waals surface area contributed by atoms with Crippen LogP contribution in [-0.4, -0.2) is 18.1 Å². The SMILES string of the molecule is CC1CCCC(N(C)c2nc3c(cc2C#N)CCCC3)C1. The van der Waals surface area contributed by atoms with Gasteiger partial charge in [0.1, 0.15) is 11.9 Å². The van der Waals surface area contributed by atoms with E-state index in [2.05, 4.69) is 31.0 Å². The Kier molecular flexibility index (Phi) is 4.14. The van der Waals surface area contributed by atoms with Gasteiger partial charge in [-0.2, -0.15) is 5.26 Å². The summed E-state index contributed by atoms with van der Waals surface area (Å²) in [7, 11) is 2.13. The maximum Gasteiger partial charge on any atom is 0.146 e. The molecule has 1 aromatic rings. The fraction of sp³-hybridized carbons (Fsp3) is 0.667. The molecular formula is C18H25N3. The van der Waals surface area contributed by atoms with Crippen LogP contribution in [0.3, 0.4) is 0 Å². The lowest BCUT2D eigenvalue weighted by atomic mass is 9.86. The van der Waals surface area contributed by atoms with Gasteiger partial charge in [-0.1, -0.05) is 19.8 Å². The summed E-state index contributed by atoms with van der Waals surface area (Å²) in [5, 5.41) is 9.50. The minimum absolute atomic E-state index is 0.537. The van der Waals surface area contributed by atoms with E-state index in [4.69, 9.17) is 4.98 Å². The molecule has 0 aromatic carbocycles. The second-order valence-corrected chi connectivity index (χ2v) is 6.82. The highest BCUT2D eigenvalue weighted by molar-refractivity contribution is 5.56. The molecule has 3 heteroatoms. The number of rotatable bonds is 2. The fourth-order valence-corrected chi connectivity index (χ4v) is 3.90. The number of hydrogen-bond donors (Lipinski definition) is 0. The molecular weight excluding hydrogens is 258 g/mol. The van der Waals surface area contributed by atoms with Crippen LogP contribution in [-0.2, 0) is 12.8 Å². The third-order valence-electron chi connectivity index (χ3n) is 5.19. The summed E-state index contributed by atoms with van der Waals surface area (Å²) in [5.74, 6) is 1.70. The Morgan fingerprint density at radius 2 is 2.05 bits per heavy atom. The molecule has 2 unspecified atom stereocenters. The van der Waals surface area contributed by atoms with Crippen molar-refractivity contribution >= 4 is 5.82 Å². The molecule has 112 valence electrons. The third kappa shape index (κ3) is 2.90. The first-order chi connectivity index (χ1) is 10.2. The summed E-state index contributed by atoms with van der Waals surface area (Å²) in [4.78, 5) is 7.17. The van der Waals surface area contributed by atoms with Gasteiger partial charge in [-0.05, 0) is 56.1 Å². The summed E-state index contributed by atoms with van der Waals surface area (Å²) in [5.41, 5.74) is 3.29. The average molecular weight is 283 g/mol. The number of aryl methyl sites for hydroxylation is 2. The Bertz CT molecular complexity index is 558. The molecule has 0 amide bonds. The molecule has 3 rings (SSSR count). The molecule has 1 fully saturated rings. The van der Waals surface area contributed by atoms with Gasteiger partial charge in [0.2, 0.25) is 0 Å². The number of aromatic nitrogens is 1. The molecule has 0 N–H and O–H groups in total. The zero-order valence-corrected chi connectivity index (χ0v) is 13.2. The predicted molar refractivity (Wildman–Crippen MR) is 85.4 cm³/mol. The van der Waals surface area contributed by atoms with Crippen LogP contribution in [0, 0.1) is 17.2 Å². The second kappa shape index (κ2) is 6.05. The number of hydrogen-bond acceptors (Lipinski definition) is 3. The van der Waals surface area contributed by atoms with Crippen molar-refractivity contribution in [3.63, 3.8) is 0 Å². The fourth-order valence-electron chi connectivity index (χ4n) is 3.90. The minimum atomic E-state index is 0.537. The average Bonchev–Trinajstić information content (AvgIpc) is 2.53. The molecule has 2 aliphatic rings. The van der Waals surface area contributed by atoms with Crippen molar-refractivity contribution in [2.45, 2.75) is 64.3 Å². The molecule has 3 nitrogen and oxygen atoms in total. The lowest BCUT2D eigenvalue weighted by Crippen LogP contribution is -2.36. The highest BCUT2D eigenvalue weighted by atomic mass is 15.2. The number of pyridine rings is 1. The second-order valence-electron chi connectivity index (χ2n) is 6.82. The van der Waals surface area contributed by atoms with Crippen LogP contribution in [0.4, 0.5) is 5.82 Å². The van der Waals surface area contributed by atoms with E-state index in [0.29, 0.717) is 6.04 Å². The largest absolute Gasteiger partial charge is 0.356 e. The Labute approximate surface area is 128 Å². The van der Waals surface area contributed by atoms with E-state index in [-0.39, 0.29) is 0 Å². The summed E-state index contributed by atoms with van der Waals surface area (Å²) in [6.45, 7) is 2.34. The van der Waals surface area contributed by atoms with Crippen LogP contribution < -0.4 is 4.90 Å². The monoisotopic (exact) mass is 283 g/mol. The van der Waals surface area contributed by atoms with Crippen molar-refractivity contribution in [1.82, 2.24) is 4.98 Å². The van der Waals surface area contributed by atoms with Crippen molar-refractivity contribution in [3.05, 3.63) is 22.9 Å². The Hall–Kier alpha value is -1.56. The van der Waals surface area contributed by atoms with Gasteiger partial charge >= 0.3 is 0 Å². The zero-order valence-electron chi connectivity index (χ0n) is 13.2. The number of anilines is 1. The topological polar surface area (TPSA) is 39.9 Å². The van der Waals surface area contributed by atoms with Gasteiger partial charge in [0.25, 0.3) is 0 Å². The van der Waals surface area contributed by atoms with E-state index in [1.807, 2.05) is 0 Å². The van der Waals surface area contributed by atoms with Crippen LogP contribution >= 0.6 is 0 Å². The van der Waals surface area contributed by atoms with Gasteiger partial charge in [0.05, 0.1) is 5.56 Å². The molecule has 1 aromatic heterocycles. The van der Waals surface area contributed by atoms with Crippen molar-refractivity contribution < 1.29 is 0 Å². The predicted octanol–water partition coefficient (Wildman–Crippen LogP) is 3.85. The van der Waals surface area contributed by atoms with Crippen LogP contribution in [0.5, 0.6) is 0 Å². The molecule has 0 spiro atoms. The van der Waals surface area contributed by atoms with E-state index in [1.165, 1.54) is 49.8 Å². The molecule has 0 bridgehead atoms. The quantitative estimate of drug-likeness (QED) is 0.827. The van der Waals surface area contributed by atoms with Crippen LogP contribution in [0.15, 0.2) is 6.07 Å². The van der Waals surface area contributed by atoms with Crippen molar-refractivity contribution in [3.8, 4) is 6.07 Å². The molecule has 0 saturated heterocycles. The van der Waals surface area contributed by atoms with E-state index in [1.54, 1.807) is 0 Å². The Balaban J connectivity index is 1.91. The molecule has 2 atom stereocenters. The summed E-state index contributed by atoms with van der Waals surface area (Å²) >= 11 is 0. The number of nitriles is 1. The molecule has 21 heavy (non-hydrogen) atoms. The highest BCUT2D eigenvalue weighted by Gasteiger charge is 2.26. The highest BCUT2D eigenvalue weighted by Crippen LogP contribution is 2.32. The van der Waals surface area contributed by atoms with Gasteiger partial charge in [-0.25, -0.2) is 4.98 Å². The number of fused-ring (bicyclic) bond motifs is 1. The van der Waals surface area contributed by atoms with Crippen molar-refractivity contribution in [2.24, 2.45) is 5.92 Å². The first-order valence-corrected chi connectivity index (χ1v) is 8.34. The smallest absolute Gasteiger partial charge is 0.146 e. The molecule has 1 heterocycles. The van der Waals surface area contributed by atoms with E-state index in [9.17, 15) is 5.26 Å². The van der Waals surface area contributed by atoms with Gasteiger partial charge in [-0.3, -0.25) is 0 Å². The van der Waals surface area contributed by atoms with E-state index < -0.39 is 0 Å². The first-order valence-electron chi connectivity index (χ1n) is 8.34. The lowest BCUT2D eigenvalue weighted by Gasteiger charge is -2.35. The number of nitrogens with zero attached hydrogens (tertiary/aromatic N) is 3. The van der Waals surface area contributed by atoms with Crippen LogP contribution in [0.2, 0.25) is 0 Å². The molecule has 1 saturated carbocycles. The molecule has 2 aliphatic carbocycles. The third-order valence-corrected chi connectivity index (χ3v) is 5.19. The standard InChI is InChI=1S/C18H25N3/c1-13-6-5-8-16(10-13)21(2)18-15(12-19)11-14-7-3-4-9-17(14)20-18/h11,13,16H,3-10H2,1-2H3. The summed E-state index contributed by atoms with van der Waals surface area (Å²) in [6.07, 6.45) is 9.70. The Morgan fingerprint density at radius 3 is 2.81 bits per heavy atom. The van der Waals surface area contributed by atoms with Crippen molar-refractivity contribution in [1.29, 1.82) is 5.26 Å². The van der Waals surface area contributed by atoms with E-state index in [0.717, 1.165) is 30.1 Å². The normalized spacial score (nSPS) is 25.0. The maximum absolute atomic E-state index is 9.50. The zero-order chi connectivity index (χ0) is 14.8. The van der Waals surface area contributed by atoms with Crippen LogP contribution in [0.1, 0.15) is 62.3 Å². The molecule has 0 radical (unpaired) electrons. The Morgan fingerprint density at radius 1 is 1.24 bits per heavy atom. The van der Waals surface area contributed by atoms with E-state index >= 15 is 0 Å². The maximum atomic E-state index is 9.50. The van der Waals surface area contributed by atoms with Crippen LogP contribution in [0.25, 0.3) is 0 Å². The van der Waals surface area contributed by atoms with Gasteiger partial charge < -0.3 is 4.90 Å². The first kappa shape index (κ1) is 14.4. The molecule has 0 aliphatic heterocycles. The van der Waals surface area contributed by atoms with Gasteiger partial charge in [-0.15, -0.1) is 0 Å². The lowest BCUT2D eigenvalue weighted by molar-refractivity contribution is 0.335. The summed E-state index contributed by atoms with van der Waals surface area (Å²) < 4.78 is 0. The summed E-state index contributed by atoms with van der Waals surface area (Å²) in [6, 6.07) is 5.01. The van der Waals surface area contributed by atoms with Gasteiger partial charge in [0, 0.05) is 18.8 Å².